The van der Waals surface area contributed by atoms with Crippen LogP contribution in [0.15, 0.2) is 41.4 Å². The third-order valence-corrected chi connectivity index (χ3v) is 4.60. The SMILES string of the molecule is CCCCCCCC/C=C/[Se]c1ccccc1. The number of hydrogen-bond acceptors (Lipinski definition) is 0. The molecule has 0 atom stereocenters. The van der Waals surface area contributed by atoms with Gasteiger partial charge in [0.25, 0.3) is 0 Å². The Kier molecular flexibility index (Phi) is 9.09. The molecule has 0 aliphatic rings. The third kappa shape index (κ3) is 8.24. The van der Waals surface area contributed by atoms with Gasteiger partial charge in [-0.3, -0.25) is 0 Å². The van der Waals surface area contributed by atoms with E-state index in [0.29, 0.717) is 15.0 Å². The van der Waals surface area contributed by atoms with E-state index < -0.39 is 0 Å². The van der Waals surface area contributed by atoms with Crippen LogP contribution < -0.4 is 4.46 Å². The fraction of sp³-hybridized carbons (Fsp3) is 0.500. The first-order chi connectivity index (χ1) is 8.43. The van der Waals surface area contributed by atoms with Gasteiger partial charge in [-0.25, -0.2) is 0 Å². The molecule has 0 N–H and O–H groups in total. The first-order valence-corrected chi connectivity index (χ1v) is 8.64. The van der Waals surface area contributed by atoms with Crippen LogP contribution in [0.3, 0.4) is 0 Å². The van der Waals surface area contributed by atoms with Crippen molar-refractivity contribution in [1.82, 2.24) is 0 Å². The van der Waals surface area contributed by atoms with Crippen molar-refractivity contribution in [3.8, 4) is 0 Å². The van der Waals surface area contributed by atoms with E-state index in [9.17, 15) is 0 Å². The Bertz CT molecular complexity index is 290. The second kappa shape index (κ2) is 10.6. The molecule has 1 aromatic carbocycles. The van der Waals surface area contributed by atoms with E-state index in [1.54, 1.807) is 0 Å². The number of rotatable bonds is 9. The summed E-state index contributed by atoms with van der Waals surface area (Å²) in [6, 6.07) is 10.8. The Hall–Kier alpha value is -0.521. The molecular formula is C16H24Se. The van der Waals surface area contributed by atoms with E-state index in [0.717, 1.165) is 0 Å². The van der Waals surface area contributed by atoms with Gasteiger partial charge in [0.15, 0.2) is 0 Å². The van der Waals surface area contributed by atoms with Gasteiger partial charge in [-0.05, 0) is 0 Å². The zero-order chi connectivity index (χ0) is 12.2. The molecule has 0 aliphatic carbocycles. The van der Waals surface area contributed by atoms with E-state index >= 15 is 0 Å². The summed E-state index contributed by atoms with van der Waals surface area (Å²) >= 11 is 0.531. The van der Waals surface area contributed by atoms with Crippen LogP contribution in [-0.4, -0.2) is 15.0 Å². The maximum absolute atomic E-state index is 2.37. The van der Waals surface area contributed by atoms with E-state index in [1.165, 1.54) is 49.4 Å². The zero-order valence-corrected chi connectivity index (χ0v) is 12.6. The van der Waals surface area contributed by atoms with E-state index in [1.807, 2.05) is 0 Å². The number of hydrogen-bond donors (Lipinski definition) is 0. The predicted octanol–water partition coefficient (Wildman–Crippen LogP) is 4.28. The summed E-state index contributed by atoms with van der Waals surface area (Å²) in [5.74, 6) is 0. The Morgan fingerprint density at radius 3 is 2.41 bits per heavy atom. The van der Waals surface area contributed by atoms with Gasteiger partial charge in [-0.2, -0.15) is 0 Å². The van der Waals surface area contributed by atoms with Gasteiger partial charge in [-0.1, -0.05) is 0 Å². The standard InChI is InChI=1S/C16H24Se/c1-2-3-4-5-6-7-8-12-15-17-16-13-10-9-11-14-16/h9-15H,2-8H2,1H3/b15-12+. The molecule has 0 bridgehead atoms. The van der Waals surface area contributed by atoms with Gasteiger partial charge in [0, 0.05) is 0 Å². The number of unbranched alkanes of at least 4 members (excludes halogenated alkanes) is 6. The van der Waals surface area contributed by atoms with Crippen molar-refractivity contribution in [2.75, 3.05) is 0 Å². The molecule has 0 nitrogen and oxygen atoms in total. The summed E-state index contributed by atoms with van der Waals surface area (Å²) in [6.07, 6.45) is 12.0. The van der Waals surface area contributed by atoms with Crippen molar-refractivity contribution in [1.29, 1.82) is 0 Å². The van der Waals surface area contributed by atoms with Crippen molar-refractivity contribution in [3.63, 3.8) is 0 Å². The molecule has 1 aromatic rings. The summed E-state index contributed by atoms with van der Waals surface area (Å²) in [5.41, 5.74) is 0. The molecular weight excluding hydrogens is 271 g/mol. The Morgan fingerprint density at radius 1 is 0.941 bits per heavy atom. The second-order valence-corrected chi connectivity index (χ2v) is 6.41. The van der Waals surface area contributed by atoms with Crippen LogP contribution in [0.1, 0.15) is 51.9 Å². The summed E-state index contributed by atoms with van der Waals surface area (Å²) in [7, 11) is 0. The maximum atomic E-state index is 2.37. The normalized spacial score (nSPS) is 11.1. The third-order valence-electron chi connectivity index (χ3n) is 2.77. The minimum atomic E-state index is 0.531. The van der Waals surface area contributed by atoms with E-state index in [4.69, 9.17) is 0 Å². The second-order valence-electron chi connectivity index (χ2n) is 4.36. The topological polar surface area (TPSA) is 0 Å². The van der Waals surface area contributed by atoms with Crippen molar-refractivity contribution in [3.05, 3.63) is 41.4 Å². The van der Waals surface area contributed by atoms with Crippen molar-refractivity contribution >= 4 is 19.4 Å². The quantitative estimate of drug-likeness (QED) is 0.471. The zero-order valence-electron chi connectivity index (χ0n) is 10.9. The fourth-order valence-electron chi connectivity index (χ4n) is 1.74. The average Bonchev–Trinajstić information content (AvgIpc) is 2.38. The van der Waals surface area contributed by atoms with Gasteiger partial charge in [-0.15, -0.1) is 0 Å². The van der Waals surface area contributed by atoms with Gasteiger partial charge >= 0.3 is 113 Å². The van der Waals surface area contributed by atoms with E-state index in [-0.39, 0.29) is 0 Å². The molecule has 17 heavy (non-hydrogen) atoms. The van der Waals surface area contributed by atoms with Crippen molar-refractivity contribution in [2.24, 2.45) is 0 Å². The first-order valence-electron chi connectivity index (χ1n) is 6.80. The van der Waals surface area contributed by atoms with Gasteiger partial charge in [0.1, 0.15) is 0 Å². The minimum absolute atomic E-state index is 0.531. The first kappa shape index (κ1) is 14.5. The van der Waals surface area contributed by atoms with Gasteiger partial charge in [0.2, 0.25) is 0 Å². The molecule has 0 fully saturated rings. The summed E-state index contributed by atoms with van der Waals surface area (Å²) < 4.78 is 1.47. The molecule has 0 amide bonds. The summed E-state index contributed by atoms with van der Waals surface area (Å²) in [4.78, 5) is 2.37. The molecule has 0 radical (unpaired) electrons. The van der Waals surface area contributed by atoms with Crippen LogP contribution in [0.4, 0.5) is 0 Å². The summed E-state index contributed by atoms with van der Waals surface area (Å²) in [5, 5.41) is 0. The van der Waals surface area contributed by atoms with Crippen LogP contribution in [0.5, 0.6) is 0 Å². The van der Waals surface area contributed by atoms with Gasteiger partial charge in [0.05, 0.1) is 0 Å². The Labute approximate surface area is 113 Å². The molecule has 1 rings (SSSR count). The van der Waals surface area contributed by atoms with Crippen LogP contribution in [0.25, 0.3) is 0 Å². The fourth-order valence-corrected chi connectivity index (χ4v) is 3.21. The van der Waals surface area contributed by atoms with E-state index in [2.05, 4.69) is 48.3 Å². The monoisotopic (exact) mass is 296 g/mol. The van der Waals surface area contributed by atoms with Crippen LogP contribution >= 0.6 is 0 Å². The molecule has 0 unspecified atom stereocenters. The Morgan fingerprint density at radius 2 is 1.65 bits per heavy atom. The molecule has 94 valence electrons. The van der Waals surface area contributed by atoms with Gasteiger partial charge < -0.3 is 0 Å². The molecule has 0 heterocycles. The molecule has 1 heteroatoms. The van der Waals surface area contributed by atoms with Crippen LogP contribution in [-0.2, 0) is 0 Å². The van der Waals surface area contributed by atoms with Crippen LogP contribution in [0, 0.1) is 0 Å². The van der Waals surface area contributed by atoms with Crippen molar-refractivity contribution in [2.45, 2.75) is 51.9 Å². The number of allylic oxidation sites excluding steroid dienone is 1. The number of benzene rings is 1. The molecule has 0 spiro atoms. The van der Waals surface area contributed by atoms with Crippen LogP contribution in [0.2, 0.25) is 0 Å². The molecule has 0 aliphatic heterocycles. The average molecular weight is 295 g/mol. The molecule has 0 aromatic heterocycles. The van der Waals surface area contributed by atoms with Crippen molar-refractivity contribution < 1.29 is 0 Å². The molecule has 0 saturated heterocycles. The Balaban J connectivity index is 1.96. The molecule has 0 saturated carbocycles. The summed E-state index contributed by atoms with van der Waals surface area (Å²) in [6.45, 7) is 2.27. The predicted molar refractivity (Wildman–Crippen MR) is 79.0 cm³/mol.